The van der Waals surface area contributed by atoms with E-state index in [0.29, 0.717) is 5.56 Å². The fraction of sp³-hybridized carbons (Fsp3) is 0. The zero-order valence-electron chi connectivity index (χ0n) is 10.4. The molecule has 2 aromatic carbocycles. The van der Waals surface area contributed by atoms with Crippen LogP contribution in [0.15, 0.2) is 42.5 Å². The Morgan fingerprint density at radius 2 is 1.75 bits per heavy atom. The first-order valence-corrected chi connectivity index (χ1v) is 5.49. The van der Waals surface area contributed by atoms with Gasteiger partial charge in [-0.25, -0.2) is 0 Å². The molecule has 0 aliphatic carbocycles. The lowest BCUT2D eigenvalue weighted by Crippen LogP contribution is -2.16. The van der Waals surface area contributed by atoms with Crippen LogP contribution in [0.1, 0.15) is 5.56 Å². The predicted molar refractivity (Wildman–Crippen MR) is 81.2 cm³/mol. The van der Waals surface area contributed by atoms with E-state index in [-0.39, 0.29) is 35.2 Å². The van der Waals surface area contributed by atoms with E-state index in [2.05, 4.69) is 0 Å². The number of hydrogen-bond donors (Lipinski definition) is 3. The standard InChI is InChI=1S/C13H12N4O2.ClH/c14-10-7-6-9(8-4-2-1-3-5-8)11(13(15)16)12(10)17(18)19;/h1-7H,14H2,(H3,15,16);1H. The number of nitrogens with zero attached hydrogens (tertiary/aromatic N) is 1. The minimum atomic E-state index is -0.613. The van der Waals surface area contributed by atoms with Gasteiger partial charge in [-0.3, -0.25) is 15.5 Å². The molecule has 0 spiro atoms. The Morgan fingerprint density at radius 3 is 2.25 bits per heavy atom. The van der Waals surface area contributed by atoms with E-state index in [4.69, 9.17) is 16.9 Å². The van der Waals surface area contributed by atoms with Gasteiger partial charge < -0.3 is 11.5 Å². The summed E-state index contributed by atoms with van der Waals surface area (Å²) in [5, 5.41) is 18.7. The summed E-state index contributed by atoms with van der Waals surface area (Å²) >= 11 is 0. The molecule has 0 aromatic heterocycles. The number of nitro groups is 1. The molecule has 0 aliphatic heterocycles. The zero-order valence-corrected chi connectivity index (χ0v) is 11.2. The van der Waals surface area contributed by atoms with Crippen molar-refractivity contribution in [3.8, 4) is 11.1 Å². The maximum absolute atomic E-state index is 11.1. The van der Waals surface area contributed by atoms with E-state index >= 15 is 0 Å². The van der Waals surface area contributed by atoms with Crippen LogP contribution in [0.5, 0.6) is 0 Å². The van der Waals surface area contributed by atoms with Crippen LogP contribution in [0.25, 0.3) is 11.1 Å². The van der Waals surface area contributed by atoms with Gasteiger partial charge in [-0.1, -0.05) is 36.4 Å². The largest absolute Gasteiger partial charge is 0.393 e. The van der Waals surface area contributed by atoms with Crippen LogP contribution in [-0.2, 0) is 0 Å². The Kier molecular flexibility index (Phi) is 4.66. The highest BCUT2D eigenvalue weighted by molar-refractivity contribution is 6.07. The summed E-state index contributed by atoms with van der Waals surface area (Å²) in [4.78, 5) is 10.5. The van der Waals surface area contributed by atoms with Gasteiger partial charge in [-0.2, -0.15) is 0 Å². The lowest BCUT2D eigenvalue weighted by atomic mass is 9.96. The molecule has 20 heavy (non-hydrogen) atoms. The van der Waals surface area contributed by atoms with Crippen LogP contribution >= 0.6 is 12.4 Å². The number of nitro benzene ring substituents is 1. The molecule has 0 atom stereocenters. The minimum absolute atomic E-state index is 0. The second-order valence-electron chi connectivity index (χ2n) is 3.96. The van der Waals surface area contributed by atoms with Crippen LogP contribution < -0.4 is 11.5 Å². The first-order valence-electron chi connectivity index (χ1n) is 5.49. The molecule has 0 heterocycles. The second-order valence-corrected chi connectivity index (χ2v) is 3.96. The van der Waals surface area contributed by atoms with E-state index in [1.807, 2.05) is 6.07 Å². The quantitative estimate of drug-likeness (QED) is 0.265. The summed E-state index contributed by atoms with van der Waals surface area (Å²) in [7, 11) is 0. The van der Waals surface area contributed by atoms with Crippen molar-refractivity contribution in [2.75, 3.05) is 5.73 Å². The molecule has 0 saturated carbocycles. The molecule has 0 fully saturated rings. The highest BCUT2D eigenvalue weighted by Gasteiger charge is 2.24. The summed E-state index contributed by atoms with van der Waals surface area (Å²) in [5.74, 6) is -0.377. The first-order chi connectivity index (χ1) is 9.02. The molecular weight excluding hydrogens is 280 g/mol. The maximum Gasteiger partial charge on any atom is 0.303 e. The summed E-state index contributed by atoms with van der Waals surface area (Å²) in [6.07, 6.45) is 0. The summed E-state index contributed by atoms with van der Waals surface area (Å²) < 4.78 is 0. The summed E-state index contributed by atoms with van der Waals surface area (Å²) in [6, 6.07) is 12.1. The maximum atomic E-state index is 11.1. The van der Waals surface area contributed by atoms with E-state index in [1.54, 1.807) is 30.3 Å². The fourth-order valence-electron chi connectivity index (χ4n) is 1.93. The second kappa shape index (κ2) is 6.03. The van der Waals surface area contributed by atoms with Crippen LogP contribution in [0.3, 0.4) is 0 Å². The van der Waals surface area contributed by atoms with Crippen molar-refractivity contribution in [1.29, 1.82) is 5.41 Å². The number of halogens is 1. The van der Waals surface area contributed by atoms with Crippen LogP contribution in [0.2, 0.25) is 0 Å². The third-order valence-corrected chi connectivity index (χ3v) is 2.75. The molecule has 7 heteroatoms. The smallest absolute Gasteiger partial charge is 0.303 e. The van der Waals surface area contributed by atoms with Gasteiger partial charge in [0, 0.05) is 0 Å². The van der Waals surface area contributed by atoms with Crippen LogP contribution in [0.4, 0.5) is 11.4 Å². The van der Waals surface area contributed by atoms with Gasteiger partial charge in [0.15, 0.2) is 0 Å². The molecular formula is C13H13ClN4O2. The molecule has 6 nitrogen and oxygen atoms in total. The van der Waals surface area contributed by atoms with Gasteiger partial charge in [0.2, 0.25) is 0 Å². The molecule has 0 bridgehead atoms. The van der Waals surface area contributed by atoms with Crippen molar-refractivity contribution in [2.24, 2.45) is 5.73 Å². The Hall–Kier alpha value is -2.60. The Labute approximate surface area is 121 Å². The van der Waals surface area contributed by atoms with Crippen molar-refractivity contribution >= 4 is 29.6 Å². The molecule has 0 unspecified atom stereocenters. The number of anilines is 1. The van der Waals surface area contributed by atoms with Gasteiger partial charge >= 0.3 is 5.69 Å². The SMILES string of the molecule is Cl.N=C(N)c1c(-c2ccccc2)ccc(N)c1[N+](=O)[O-]. The molecule has 2 rings (SSSR count). The minimum Gasteiger partial charge on any atom is -0.393 e. The topological polar surface area (TPSA) is 119 Å². The normalized spacial score (nSPS) is 9.60. The van der Waals surface area contributed by atoms with Gasteiger partial charge in [0.25, 0.3) is 0 Å². The Balaban J connectivity index is 0.00000200. The van der Waals surface area contributed by atoms with Crippen molar-refractivity contribution < 1.29 is 4.92 Å². The Morgan fingerprint density at radius 1 is 1.15 bits per heavy atom. The third kappa shape index (κ3) is 2.70. The monoisotopic (exact) mass is 292 g/mol. The molecule has 0 radical (unpaired) electrons. The highest BCUT2D eigenvalue weighted by Crippen LogP contribution is 2.34. The van der Waals surface area contributed by atoms with Crippen molar-refractivity contribution in [3.63, 3.8) is 0 Å². The number of nitrogen functional groups attached to an aromatic ring is 2. The molecule has 5 N–H and O–H groups in total. The average Bonchev–Trinajstić information content (AvgIpc) is 2.38. The molecule has 104 valence electrons. The van der Waals surface area contributed by atoms with Gasteiger partial charge in [-0.15, -0.1) is 12.4 Å². The fourth-order valence-corrected chi connectivity index (χ4v) is 1.93. The number of hydrogen-bond acceptors (Lipinski definition) is 4. The lowest BCUT2D eigenvalue weighted by molar-refractivity contribution is -0.384. The molecule has 0 aliphatic rings. The van der Waals surface area contributed by atoms with Crippen molar-refractivity contribution in [1.82, 2.24) is 0 Å². The van der Waals surface area contributed by atoms with Crippen LogP contribution in [0, 0.1) is 15.5 Å². The summed E-state index contributed by atoms with van der Waals surface area (Å²) in [6.45, 7) is 0. The van der Waals surface area contributed by atoms with E-state index < -0.39 is 4.92 Å². The zero-order chi connectivity index (χ0) is 14.0. The van der Waals surface area contributed by atoms with Crippen molar-refractivity contribution in [3.05, 3.63) is 58.1 Å². The number of nitrogens with two attached hydrogens (primary N) is 2. The van der Waals surface area contributed by atoms with Crippen LogP contribution in [-0.4, -0.2) is 10.8 Å². The van der Waals surface area contributed by atoms with E-state index in [9.17, 15) is 10.1 Å². The number of nitrogens with one attached hydrogen (secondary N) is 1. The van der Waals surface area contributed by atoms with Gasteiger partial charge in [0.05, 0.1) is 4.92 Å². The van der Waals surface area contributed by atoms with E-state index in [1.165, 1.54) is 6.07 Å². The van der Waals surface area contributed by atoms with E-state index in [0.717, 1.165) is 5.56 Å². The average molecular weight is 293 g/mol. The number of rotatable bonds is 3. The van der Waals surface area contributed by atoms with Gasteiger partial charge in [-0.05, 0) is 17.2 Å². The Bertz CT molecular complexity index is 659. The summed E-state index contributed by atoms with van der Waals surface area (Å²) in [5.41, 5.74) is 12.1. The van der Waals surface area contributed by atoms with Crippen molar-refractivity contribution in [2.45, 2.75) is 0 Å². The number of amidine groups is 1. The third-order valence-electron chi connectivity index (χ3n) is 2.75. The lowest BCUT2D eigenvalue weighted by Gasteiger charge is -2.10. The first kappa shape index (κ1) is 15.5. The molecule has 2 aromatic rings. The predicted octanol–water partition coefficient (Wildman–Crippen LogP) is 2.55. The number of benzene rings is 2. The molecule has 0 saturated heterocycles. The van der Waals surface area contributed by atoms with Gasteiger partial charge in [0.1, 0.15) is 17.1 Å². The highest BCUT2D eigenvalue weighted by atomic mass is 35.5. The molecule has 0 amide bonds.